The van der Waals surface area contributed by atoms with Crippen LogP contribution in [0.3, 0.4) is 0 Å². The number of urea groups is 1. The fraction of sp³-hybridized carbons (Fsp3) is 0.300. The van der Waals surface area contributed by atoms with Gasteiger partial charge in [0.25, 0.3) is 0 Å². The summed E-state index contributed by atoms with van der Waals surface area (Å²) in [6.45, 7) is 0.766. The zero-order valence-electron chi connectivity index (χ0n) is 14.0. The first-order chi connectivity index (χ1) is 12.2. The second kappa shape index (κ2) is 6.59. The minimum absolute atomic E-state index is 0.198. The van der Waals surface area contributed by atoms with E-state index >= 15 is 0 Å². The molecule has 0 atom stereocenters. The molecule has 2 aromatic carbocycles. The molecule has 0 bridgehead atoms. The van der Waals surface area contributed by atoms with Crippen LogP contribution in [0.2, 0.25) is 0 Å². The highest BCUT2D eigenvalue weighted by Crippen LogP contribution is 2.36. The molecule has 5 nitrogen and oxygen atoms in total. The zero-order chi connectivity index (χ0) is 17.2. The highest BCUT2D eigenvalue weighted by atomic mass is 16.2. The van der Waals surface area contributed by atoms with Gasteiger partial charge in [-0.05, 0) is 55.5 Å². The molecular formula is C20H21N3O2. The zero-order valence-corrected chi connectivity index (χ0v) is 14.0. The lowest BCUT2D eigenvalue weighted by Gasteiger charge is -2.30. The molecule has 4 rings (SSSR count). The number of nitrogens with one attached hydrogen (secondary N) is 2. The Morgan fingerprint density at radius 3 is 2.48 bits per heavy atom. The third kappa shape index (κ3) is 3.50. The number of rotatable bonds is 3. The number of nitrogens with zero attached hydrogens (tertiary/aromatic N) is 1. The second-order valence-electron chi connectivity index (χ2n) is 6.66. The number of hydrogen-bond donors (Lipinski definition) is 2. The first-order valence-corrected chi connectivity index (χ1v) is 8.78. The summed E-state index contributed by atoms with van der Waals surface area (Å²) in [6, 6.07) is 14.9. The third-order valence-electron chi connectivity index (χ3n) is 4.69. The lowest BCUT2D eigenvalue weighted by molar-refractivity contribution is -0.119. The van der Waals surface area contributed by atoms with Crippen LogP contribution in [0.25, 0.3) is 0 Å². The molecule has 2 N–H and O–H groups in total. The summed E-state index contributed by atoms with van der Waals surface area (Å²) in [7, 11) is 0. The summed E-state index contributed by atoms with van der Waals surface area (Å²) >= 11 is 0. The van der Waals surface area contributed by atoms with E-state index in [9.17, 15) is 9.59 Å². The highest BCUT2D eigenvalue weighted by Gasteiger charge is 2.35. The summed E-state index contributed by atoms with van der Waals surface area (Å²) in [6.07, 6.45) is 3.97. The maximum Gasteiger partial charge on any atom is 0.323 e. The fourth-order valence-corrected chi connectivity index (χ4v) is 3.25. The van der Waals surface area contributed by atoms with Crippen molar-refractivity contribution in [3.8, 4) is 0 Å². The molecular weight excluding hydrogens is 314 g/mol. The number of benzene rings is 2. The maximum absolute atomic E-state index is 12.5. The summed E-state index contributed by atoms with van der Waals surface area (Å²) in [4.78, 5) is 26.6. The Morgan fingerprint density at radius 2 is 1.72 bits per heavy atom. The van der Waals surface area contributed by atoms with Crippen molar-refractivity contribution >= 4 is 29.0 Å². The SMILES string of the molecule is O=C(Nc1ccccc1)Nc1ccc2c(c1)N(C(=O)C1CC1)CCC2. The third-order valence-corrected chi connectivity index (χ3v) is 4.69. The first kappa shape index (κ1) is 15.7. The van der Waals surface area contributed by atoms with Crippen LogP contribution in [-0.2, 0) is 11.2 Å². The van der Waals surface area contributed by atoms with Crippen molar-refractivity contribution < 1.29 is 9.59 Å². The topological polar surface area (TPSA) is 61.4 Å². The van der Waals surface area contributed by atoms with Crippen LogP contribution < -0.4 is 15.5 Å². The van der Waals surface area contributed by atoms with Gasteiger partial charge in [0.05, 0.1) is 0 Å². The largest absolute Gasteiger partial charge is 0.323 e. The molecule has 2 aromatic rings. The van der Waals surface area contributed by atoms with Crippen LogP contribution >= 0.6 is 0 Å². The Balaban J connectivity index is 1.50. The lowest BCUT2D eigenvalue weighted by atomic mass is 10.0. The number of carbonyl (C=O) groups excluding carboxylic acids is 2. The van der Waals surface area contributed by atoms with Crippen LogP contribution in [0.5, 0.6) is 0 Å². The van der Waals surface area contributed by atoms with Crippen LogP contribution in [-0.4, -0.2) is 18.5 Å². The molecule has 0 unspecified atom stereocenters. The van der Waals surface area contributed by atoms with Crippen molar-refractivity contribution in [3.05, 3.63) is 54.1 Å². The van der Waals surface area contributed by atoms with Gasteiger partial charge in [-0.15, -0.1) is 0 Å². The quantitative estimate of drug-likeness (QED) is 0.890. The minimum atomic E-state index is -0.290. The molecule has 0 radical (unpaired) electrons. The molecule has 25 heavy (non-hydrogen) atoms. The molecule has 0 spiro atoms. The van der Waals surface area contributed by atoms with E-state index in [2.05, 4.69) is 10.6 Å². The van der Waals surface area contributed by atoms with Crippen LogP contribution in [0.4, 0.5) is 21.9 Å². The van der Waals surface area contributed by atoms with Gasteiger partial charge < -0.3 is 15.5 Å². The van der Waals surface area contributed by atoms with E-state index < -0.39 is 0 Å². The summed E-state index contributed by atoms with van der Waals surface area (Å²) in [5.74, 6) is 0.427. The predicted octanol–water partition coefficient (Wildman–Crippen LogP) is 4.02. The number of hydrogen-bond acceptors (Lipinski definition) is 2. The van der Waals surface area contributed by atoms with E-state index in [4.69, 9.17) is 0 Å². The van der Waals surface area contributed by atoms with Gasteiger partial charge >= 0.3 is 6.03 Å². The Kier molecular flexibility index (Phi) is 4.14. The second-order valence-corrected chi connectivity index (χ2v) is 6.66. The number of anilines is 3. The van der Waals surface area contributed by atoms with Crippen molar-refractivity contribution in [2.75, 3.05) is 22.1 Å². The predicted molar refractivity (Wildman–Crippen MR) is 98.9 cm³/mol. The highest BCUT2D eigenvalue weighted by molar-refractivity contribution is 6.01. The monoisotopic (exact) mass is 335 g/mol. The number of carbonyl (C=O) groups is 2. The Bertz CT molecular complexity index is 800. The van der Waals surface area contributed by atoms with E-state index in [-0.39, 0.29) is 17.9 Å². The van der Waals surface area contributed by atoms with Crippen molar-refractivity contribution in [2.24, 2.45) is 5.92 Å². The number of para-hydroxylation sites is 1. The van der Waals surface area contributed by atoms with E-state index in [1.807, 2.05) is 53.4 Å². The summed E-state index contributed by atoms with van der Waals surface area (Å²) < 4.78 is 0. The molecule has 1 aliphatic heterocycles. The molecule has 1 aliphatic carbocycles. The maximum atomic E-state index is 12.5. The minimum Gasteiger partial charge on any atom is -0.312 e. The molecule has 3 amide bonds. The lowest BCUT2D eigenvalue weighted by Crippen LogP contribution is -2.36. The summed E-state index contributed by atoms with van der Waals surface area (Å²) in [5.41, 5.74) is 3.56. The smallest absolute Gasteiger partial charge is 0.312 e. The van der Waals surface area contributed by atoms with Crippen molar-refractivity contribution in [2.45, 2.75) is 25.7 Å². The van der Waals surface area contributed by atoms with E-state index in [0.717, 1.165) is 43.6 Å². The van der Waals surface area contributed by atoms with Crippen LogP contribution in [0.1, 0.15) is 24.8 Å². The number of aryl methyl sites for hydroxylation is 1. The van der Waals surface area contributed by atoms with Gasteiger partial charge in [-0.25, -0.2) is 4.79 Å². The van der Waals surface area contributed by atoms with Crippen LogP contribution in [0.15, 0.2) is 48.5 Å². The molecule has 128 valence electrons. The van der Waals surface area contributed by atoms with Gasteiger partial charge in [0.2, 0.25) is 5.91 Å². The molecule has 2 aliphatic rings. The van der Waals surface area contributed by atoms with Gasteiger partial charge in [-0.3, -0.25) is 4.79 Å². The van der Waals surface area contributed by atoms with Gasteiger partial charge in [-0.2, -0.15) is 0 Å². The molecule has 1 saturated carbocycles. The summed E-state index contributed by atoms with van der Waals surface area (Å²) in [5, 5.41) is 5.66. The normalized spacial score (nSPS) is 16.1. The van der Waals surface area contributed by atoms with Crippen molar-refractivity contribution in [1.82, 2.24) is 0 Å². The molecule has 0 saturated heterocycles. The van der Waals surface area contributed by atoms with Crippen molar-refractivity contribution in [3.63, 3.8) is 0 Å². The Hall–Kier alpha value is -2.82. The Morgan fingerprint density at radius 1 is 0.960 bits per heavy atom. The van der Waals surface area contributed by atoms with E-state index in [1.165, 1.54) is 5.56 Å². The molecule has 0 aromatic heterocycles. The molecule has 1 fully saturated rings. The fourth-order valence-electron chi connectivity index (χ4n) is 3.25. The van der Waals surface area contributed by atoms with E-state index in [1.54, 1.807) is 0 Å². The van der Waals surface area contributed by atoms with Gasteiger partial charge in [0.15, 0.2) is 0 Å². The molecule has 1 heterocycles. The van der Waals surface area contributed by atoms with Gasteiger partial charge in [0, 0.05) is 29.5 Å². The van der Waals surface area contributed by atoms with Gasteiger partial charge in [-0.1, -0.05) is 24.3 Å². The number of amides is 3. The van der Waals surface area contributed by atoms with Crippen LogP contribution in [0, 0.1) is 5.92 Å². The number of fused-ring (bicyclic) bond motifs is 1. The average molecular weight is 335 g/mol. The van der Waals surface area contributed by atoms with Gasteiger partial charge in [0.1, 0.15) is 0 Å². The Labute approximate surface area is 147 Å². The van der Waals surface area contributed by atoms with E-state index in [0.29, 0.717) is 5.69 Å². The average Bonchev–Trinajstić information content (AvgIpc) is 3.46. The van der Waals surface area contributed by atoms with Crippen molar-refractivity contribution in [1.29, 1.82) is 0 Å². The standard InChI is InChI=1S/C20H21N3O2/c24-19(15-8-9-15)23-12-4-5-14-10-11-17(13-18(14)23)22-20(25)21-16-6-2-1-3-7-16/h1-3,6-7,10-11,13,15H,4-5,8-9,12H2,(H2,21,22,25). The first-order valence-electron chi connectivity index (χ1n) is 8.78. The molecule has 5 heteroatoms.